The Hall–Kier alpha value is -1.87. The third-order valence-electron chi connectivity index (χ3n) is 2.68. The number of Topliss-reactive ketones (excluding diaryl/α,β-unsaturated/α-hetero) is 1. The first kappa shape index (κ1) is 12.6. The lowest BCUT2D eigenvalue weighted by molar-refractivity contribution is 0.0983. The fourth-order valence-corrected chi connectivity index (χ4v) is 1.92. The van der Waals surface area contributed by atoms with Gasteiger partial charge in [-0.2, -0.15) is 0 Å². The highest BCUT2D eigenvalue weighted by atomic mass is 35.5. The van der Waals surface area contributed by atoms with Crippen molar-refractivity contribution in [2.45, 2.75) is 12.8 Å². The highest BCUT2D eigenvalue weighted by Crippen LogP contribution is 2.21. The summed E-state index contributed by atoms with van der Waals surface area (Å²) in [5, 5.41) is 0.448. The summed E-state index contributed by atoms with van der Waals surface area (Å²) in [5.41, 5.74) is 7.77. The van der Waals surface area contributed by atoms with Gasteiger partial charge in [-0.1, -0.05) is 11.6 Å². The molecule has 1 aromatic carbocycles. The van der Waals surface area contributed by atoms with Crippen molar-refractivity contribution in [2.24, 2.45) is 0 Å². The van der Waals surface area contributed by atoms with Gasteiger partial charge in [-0.3, -0.25) is 9.78 Å². The van der Waals surface area contributed by atoms with Crippen molar-refractivity contribution in [2.75, 3.05) is 5.73 Å². The van der Waals surface area contributed by atoms with Crippen LogP contribution in [-0.4, -0.2) is 10.8 Å². The number of aromatic nitrogens is 1. The molecule has 0 unspecified atom stereocenters. The van der Waals surface area contributed by atoms with Crippen LogP contribution in [0.4, 0.5) is 5.69 Å². The second-order valence-electron chi connectivity index (χ2n) is 4.02. The van der Waals surface area contributed by atoms with Gasteiger partial charge in [0, 0.05) is 30.1 Å². The van der Waals surface area contributed by atoms with Crippen LogP contribution >= 0.6 is 11.6 Å². The molecule has 2 N–H and O–H groups in total. The van der Waals surface area contributed by atoms with Crippen molar-refractivity contribution >= 4 is 23.1 Å². The Morgan fingerprint density at radius 2 is 1.94 bits per heavy atom. The topological polar surface area (TPSA) is 56.0 Å². The molecular formula is C14H13ClN2O. The molecule has 2 aromatic rings. The van der Waals surface area contributed by atoms with Crippen molar-refractivity contribution in [3.05, 3.63) is 58.9 Å². The van der Waals surface area contributed by atoms with Gasteiger partial charge in [0.2, 0.25) is 0 Å². The number of ketones is 1. The number of benzene rings is 1. The molecule has 1 heterocycles. The Kier molecular flexibility index (Phi) is 3.95. The van der Waals surface area contributed by atoms with Crippen LogP contribution in [0.5, 0.6) is 0 Å². The second kappa shape index (κ2) is 5.65. The van der Waals surface area contributed by atoms with Gasteiger partial charge < -0.3 is 5.73 Å². The summed E-state index contributed by atoms with van der Waals surface area (Å²) >= 11 is 5.99. The molecule has 0 aliphatic carbocycles. The zero-order valence-corrected chi connectivity index (χ0v) is 10.5. The Bertz CT molecular complexity index is 555. The van der Waals surface area contributed by atoms with Gasteiger partial charge in [0.1, 0.15) is 0 Å². The van der Waals surface area contributed by atoms with Gasteiger partial charge in [-0.25, -0.2) is 0 Å². The number of anilines is 1. The van der Waals surface area contributed by atoms with E-state index < -0.39 is 0 Å². The van der Waals surface area contributed by atoms with E-state index >= 15 is 0 Å². The summed E-state index contributed by atoms with van der Waals surface area (Å²) in [7, 11) is 0. The number of rotatable bonds is 4. The number of nitrogens with zero attached hydrogens (tertiary/aromatic N) is 1. The Labute approximate surface area is 111 Å². The van der Waals surface area contributed by atoms with E-state index in [9.17, 15) is 4.79 Å². The maximum atomic E-state index is 12.0. The lowest BCUT2D eigenvalue weighted by atomic mass is 10.0. The van der Waals surface area contributed by atoms with Crippen LogP contribution < -0.4 is 5.73 Å². The van der Waals surface area contributed by atoms with Crippen LogP contribution in [0.1, 0.15) is 22.3 Å². The first-order valence-electron chi connectivity index (χ1n) is 5.64. The summed E-state index contributed by atoms with van der Waals surface area (Å²) in [6.45, 7) is 0. The van der Waals surface area contributed by atoms with Gasteiger partial charge in [-0.05, 0) is 42.3 Å². The van der Waals surface area contributed by atoms with Gasteiger partial charge in [0.25, 0.3) is 0 Å². The normalized spacial score (nSPS) is 10.3. The van der Waals surface area contributed by atoms with E-state index in [1.807, 2.05) is 12.1 Å². The number of carbonyl (C=O) groups is 1. The first-order chi connectivity index (χ1) is 8.66. The van der Waals surface area contributed by atoms with Gasteiger partial charge >= 0.3 is 0 Å². The van der Waals surface area contributed by atoms with E-state index in [1.165, 1.54) is 0 Å². The molecule has 1 aromatic heterocycles. The van der Waals surface area contributed by atoms with E-state index in [4.69, 9.17) is 17.3 Å². The van der Waals surface area contributed by atoms with Crippen LogP contribution in [0, 0.1) is 0 Å². The monoisotopic (exact) mass is 260 g/mol. The van der Waals surface area contributed by atoms with Gasteiger partial charge in [0.15, 0.2) is 5.78 Å². The zero-order chi connectivity index (χ0) is 13.0. The molecule has 0 bridgehead atoms. The number of aryl methyl sites for hydroxylation is 1. The van der Waals surface area contributed by atoms with Crippen LogP contribution in [0.15, 0.2) is 42.7 Å². The molecule has 2 rings (SSSR count). The lowest BCUT2D eigenvalue weighted by Crippen LogP contribution is -2.03. The molecule has 0 atom stereocenters. The third kappa shape index (κ3) is 3.08. The number of carbonyl (C=O) groups excluding carboxylic acids is 1. The Morgan fingerprint density at radius 1 is 1.22 bits per heavy atom. The van der Waals surface area contributed by atoms with Crippen LogP contribution in [0.3, 0.4) is 0 Å². The fraction of sp³-hybridized carbons (Fsp3) is 0.143. The summed E-state index contributed by atoms with van der Waals surface area (Å²) in [6, 6.07) is 8.75. The quantitative estimate of drug-likeness (QED) is 0.679. The smallest absolute Gasteiger partial charge is 0.164 e. The average molecular weight is 261 g/mol. The molecule has 92 valence electrons. The molecule has 0 fully saturated rings. The van der Waals surface area contributed by atoms with Crippen molar-refractivity contribution in [1.82, 2.24) is 4.98 Å². The van der Waals surface area contributed by atoms with Crippen molar-refractivity contribution in [3.8, 4) is 0 Å². The summed E-state index contributed by atoms with van der Waals surface area (Å²) in [4.78, 5) is 16.0. The summed E-state index contributed by atoms with van der Waals surface area (Å²) in [6.07, 6.45) is 4.51. The maximum absolute atomic E-state index is 12.0. The van der Waals surface area contributed by atoms with Crippen LogP contribution in [0.2, 0.25) is 5.02 Å². The molecule has 0 saturated heterocycles. The van der Waals surface area contributed by atoms with Crippen molar-refractivity contribution in [1.29, 1.82) is 0 Å². The lowest BCUT2D eigenvalue weighted by Gasteiger charge is -2.05. The Balaban J connectivity index is 2.06. The minimum Gasteiger partial charge on any atom is -0.399 e. The largest absolute Gasteiger partial charge is 0.399 e. The molecule has 0 aliphatic heterocycles. The summed E-state index contributed by atoms with van der Waals surface area (Å²) in [5.74, 6) is 0.00381. The highest BCUT2D eigenvalue weighted by molar-refractivity contribution is 6.34. The van der Waals surface area contributed by atoms with E-state index in [0.717, 1.165) is 5.56 Å². The molecule has 0 spiro atoms. The predicted octanol–water partition coefficient (Wildman–Crippen LogP) is 3.13. The van der Waals surface area contributed by atoms with Gasteiger partial charge in [0.05, 0.1) is 5.02 Å². The van der Waals surface area contributed by atoms with Crippen LogP contribution in [0.25, 0.3) is 0 Å². The molecule has 4 heteroatoms. The van der Waals surface area contributed by atoms with E-state index in [-0.39, 0.29) is 5.78 Å². The fourth-order valence-electron chi connectivity index (χ4n) is 1.70. The highest BCUT2D eigenvalue weighted by Gasteiger charge is 2.10. The number of nitrogens with two attached hydrogens (primary N) is 1. The third-order valence-corrected chi connectivity index (χ3v) is 3.01. The van der Waals surface area contributed by atoms with E-state index in [0.29, 0.717) is 29.1 Å². The predicted molar refractivity (Wildman–Crippen MR) is 72.8 cm³/mol. The number of nitrogen functional groups attached to an aromatic ring is 1. The Morgan fingerprint density at radius 3 is 2.67 bits per heavy atom. The number of halogens is 1. The van der Waals surface area contributed by atoms with Crippen molar-refractivity contribution in [3.63, 3.8) is 0 Å². The first-order valence-corrected chi connectivity index (χ1v) is 6.02. The van der Waals surface area contributed by atoms with E-state index in [2.05, 4.69) is 4.98 Å². The minimum atomic E-state index is 0.00381. The maximum Gasteiger partial charge on any atom is 0.164 e. The molecule has 3 nitrogen and oxygen atoms in total. The van der Waals surface area contributed by atoms with Crippen molar-refractivity contribution < 1.29 is 4.79 Å². The zero-order valence-electron chi connectivity index (χ0n) is 9.77. The molecule has 18 heavy (non-hydrogen) atoms. The standard InChI is InChI=1S/C14H13ClN2O/c15-13-3-2-11(16)9-12(13)14(18)4-1-10-5-7-17-8-6-10/h2-3,5-9H,1,4,16H2. The number of hydrogen-bond acceptors (Lipinski definition) is 3. The average Bonchev–Trinajstić information content (AvgIpc) is 2.40. The SMILES string of the molecule is Nc1ccc(Cl)c(C(=O)CCc2ccncc2)c1. The van der Waals surface area contributed by atoms with E-state index in [1.54, 1.807) is 30.6 Å². The molecule has 0 saturated carbocycles. The molecule has 0 amide bonds. The summed E-state index contributed by atoms with van der Waals surface area (Å²) < 4.78 is 0. The number of pyridine rings is 1. The minimum absolute atomic E-state index is 0.00381. The van der Waals surface area contributed by atoms with Gasteiger partial charge in [-0.15, -0.1) is 0 Å². The number of hydrogen-bond donors (Lipinski definition) is 1. The molecular weight excluding hydrogens is 248 g/mol. The second-order valence-corrected chi connectivity index (χ2v) is 4.43. The molecule has 0 radical (unpaired) electrons. The van der Waals surface area contributed by atoms with Crippen LogP contribution in [-0.2, 0) is 6.42 Å². The molecule has 0 aliphatic rings.